The maximum absolute atomic E-state index is 12.2. The molecule has 0 saturated heterocycles. The normalized spacial score (nSPS) is 12.0. The number of aliphatic hydroxyl groups excluding tert-OH is 1. The van der Waals surface area contributed by atoms with E-state index in [1.54, 1.807) is 19.2 Å². The lowest BCUT2D eigenvalue weighted by Crippen LogP contribution is -2.28. The number of rotatable bonds is 6. The van der Waals surface area contributed by atoms with E-state index in [1.807, 2.05) is 43.3 Å². The van der Waals surface area contributed by atoms with Crippen molar-refractivity contribution in [2.24, 2.45) is 0 Å². The van der Waals surface area contributed by atoms with Crippen LogP contribution in [0.5, 0.6) is 0 Å². The lowest BCUT2D eigenvalue weighted by Gasteiger charge is -2.14. The van der Waals surface area contributed by atoms with Crippen molar-refractivity contribution in [3.63, 3.8) is 0 Å². The molecule has 0 heterocycles. The molecule has 0 saturated carbocycles. The molecule has 0 unspecified atom stereocenters. The van der Waals surface area contributed by atoms with Crippen LogP contribution >= 0.6 is 0 Å². The number of benzene rings is 2. The Labute approximate surface area is 130 Å². The van der Waals surface area contributed by atoms with Crippen LogP contribution in [-0.2, 0) is 11.3 Å². The minimum atomic E-state index is -0.715. The van der Waals surface area contributed by atoms with E-state index >= 15 is 0 Å². The number of ether oxygens (including phenoxy) is 1. The molecule has 0 aliphatic rings. The summed E-state index contributed by atoms with van der Waals surface area (Å²) in [5, 5.41) is 13.0. The number of aliphatic hydroxyl groups is 1. The molecule has 4 heteroatoms. The molecule has 0 fully saturated rings. The van der Waals surface area contributed by atoms with Crippen LogP contribution in [0.1, 0.15) is 33.2 Å². The molecular weight excluding hydrogens is 278 g/mol. The van der Waals surface area contributed by atoms with E-state index in [1.165, 1.54) is 0 Å². The highest BCUT2D eigenvalue weighted by Gasteiger charge is 2.12. The first-order chi connectivity index (χ1) is 10.6. The Morgan fingerprint density at radius 2 is 2.00 bits per heavy atom. The summed E-state index contributed by atoms with van der Waals surface area (Å²) in [5.41, 5.74) is 3.34. The molecule has 2 aromatic carbocycles. The summed E-state index contributed by atoms with van der Waals surface area (Å²) in [5.74, 6) is -0.203. The largest absolute Gasteiger partial charge is 0.387 e. The Hall–Kier alpha value is -2.17. The zero-order valence-electron chi connectivity index (χ0n) is 12.9. The first-order valence-corrected chi connectivity index (χ1v) is 7.21. The standard InChI is InChI=1S/C18H21NO3/c1-13-6-3-4-9-16(13)17(20)11-19-18(21)15-8-5-7-14(10-15)12-22-2/h3-10,17,20H,11-12H2,1-2H3,(H,19,21)/t17-/m1/s1. The fourth-order valence-electron chi connectivity index (χ4n) is 2.33. The third kappa shape index (κ3) is 4.16. The first-order valence-electron chi connectivity index (χ1n) is 7.21. The van der Waals surface area contributed by atoms with Crippen molar-refractivity contribution in [3.05, 3.63) is 70.8 Å². The van der Waals surface area contributed by atoms with Crippen molar-refractivity contribution in [1.29, 1.82) is 0 Å². The number of amides is 1. The molecule has 0 spiro atoms. The number of nitrogens with one attached hydrogen (secondary N) is 1. The monoisotopic (exact) mass is 299 g/mol. The summed E-state index contributed by atoms with van der Waals surface area (Å²) in [4.78, 5) is 12.2. The Kier molecular flexibility index (Phi) is 5.69. The molecule has 2 aromatic rings. The van der Waals surface area contributed by atoms with Crippen molar-refractivity contribution in [1.82, 2.24) is 5.32 Å². The minimum absolute atomic E-state index is 0.179. The maximum atomic E-state index is 12.2. The van der Waals surface area contributed by atoms with Crippen molar-refractivity contribution >= 4 is 5.91 Å². The average molecular weight is 299 g/mol. The molecule has 1 amide bonds. The van der Waals surface area contributed by atoms with E-state index in [0.29, 0.717) is 12.2 Å². The van der Waals surface area contributed by atoms with Gasteiger partial charge in [0.1, 0.15) is 0 Å². The van der Waals surface area contributed by atoms with Gasteiger partial charge in [0.25, 0.3) is 5.91 Å². The van der Waals surface area contributed by atoms with Crippen LogP contribution in [0.3, 0.4) is 0 Å². The summed E-state index contributed by atoms with van der Waals surface area (Å²) in [7, 11) is 1.62. The van der Waals surface area contributed by atoms with E-state index < -0.39 is 6.10 Å². The van der Waals surface area contributed by atoms with E-state index in [-0.39, 0.29) is 12.5 Å². The van der Waals surface area contributed by atoms with Crippen LogP contribution in [0.25, 0.3) is 0 Å². The number of hydrogen-bond donors (Lipinski definition) is 2. The van der Waals surface area contributed by atoms with Crippen LogP contribution in [0, 0.1) is 6.92 Å². The molecule has 0 bridgehead atoms. The van der Waals surface area contributed by atoms with Crippen LogP contribution < -0.4 is 5.32 Å². The summed E-state index contributed by atoms with van der Waals surface area (Å²) < 4.78 is 5.06. The van der Waals surface area contributed by atoms with Gasteiger partial charge >= 0.3 is 0 Å². The summed E-state index contributed by atoms with van der Waals surface area (Å²) >= 11 is 0. The second-order valence-electron chi connectivity index (χ2n) is 5.22. The number of hydrogen-bond acceptors (Lipinski definition) is 3. The molecule has 2 N–H and O–H groups in total. The quantitative estimate of drug-likeness (QED) is 0.862. The Bertz CT molecular complexity index is 640. The van der Waals surface area contributed by atoms with E-state index in [2.05, 4.69) is 5.32 Å². The highest BCUT2D eigenvalue weighted by Crippen LogP contribution is 2.16. The molecule has 0 aromatic heterocycles. The van der Waals surface area contributed by atoms with Crippen molar-refractivity contribution in [3.8, 4) is 0 Å². The van der Waals surface area contributed by atoms with Gasteiger partial charge in [0.05, 0.1) is 12.7 Å². The maximum Gasteiger partial charge on any atom is 0.251 e. The van der Waals surface area contributed by atoms with Gasteiger partial charge in [-0.25, -0.2) is 0 Å². The predicted molar refractivity (Wildman–Crippen MR) is 85.6 cm³/mol. The topological polar surface area (TPSA) is 58.6 Å². The molecule has 0 radical (unpaired) electrons. The van der Waals surface area contributed by atoms with Crippen molar-refractivity contribution in [2.45, 2.75) is 19.6 Å². The van der Waals surface area contributed by atoms with Gasteiger partial charge in [-0.05, 0) is 35.7 Å². The molecule has 0 aliphatic carbocycles. The second kappa shape index (κ2) is 7.73. The van der Waals surface area contributed by atoms with E-state index in [0.717, 1.165) is 16.7 Å². The third-order valence-electron chi connectivity index (χ3n) is 3.50. The van der Waals surface area contributed by atoms with Gasteiger partial charge in [0.2, 0.25) is 0 Å². The number of aryl methyl sites for hydroxylation is 1. The van der Waals surface area contributed by atoms with Gasteiger partial charge in [-0.15, -0.1) is 0 Å². The van der Waals surface area contributed by atoms with E-state index in [9.17, 15) is 9.90 Å². The fourth-order valence-corrected chi connectivity index (χ4v) is 2.33. The van der Waals surface area contributed by atoms with Gasteiger partial charge in [-0.2, -0.15) is 0 Å². The second-order valence-corrected chi connectivity index (χ2v) is 5.22. The SMILES string of the molecule is COCc1cccc(C(=O)NC[C@@H](O)c2ccccc2C)c1. The van der Waals surface area contributed by atoms with Gasteiger partial charge < -0.3 is 15.2 Å². The fraction of sp³-hybridized carbons (Fsp3) is 0.278. The number of methoxy groups -OCH3 is 1. The Morgan fingerprint density at radius 1 is 1.23 bits per heavy atom. The Balaban J connectivity index is 1.98. The molecule has 1 atom stereocenters. The lowest BCUT2D eigenvalue weighted by atomic mass is 10.0. The Morgan fingerprint density at radius 3 is 2.73 bits per heavy atom. The van der Waals surface area contributed by atoms with E-state index in [4.69, 9.17) is 4.74 Å². The van der Waals surface area contributed by atoms with Crippen LogP contribution in [-0.4, -0.2) is 24.7 Å². The zero-order chi connectivity index (χ0) is 15.9. The van der Waals surface area contributed by atoms with Crippen LogP contribution in [0.15, 0.2) is 48.5 Å². The predicted octanol–water partition coefficient (Wildman–Crippen LogP) is 2.60. The minimum Gasteiger partial charge on any atom is -0.387 e. The van der Waals surface area contributed by atoms with Gasteiger partial charge in [-0.1, -0.05) is 36.4 Å². The molecule has 2 rings (SSSR count). The number of carbonyl (C=O) groups is 1. The highest BCUT2D eigenvalue weighted by atomic mass is 16.5. The molecule has 4 nitrogen and oxygen atoms in total. The molecule has 22 heavy (non-hydrogen) atoms. The molecular formula is C18H21NO3. The summed E-state index contributed by atoms with van der Waals surface area (Å²) in [6.07, 6.45) is -0.715. The van der Waals surface area contributed by atoms with Gasteiger partial charge in [0.15, 0.2) is 0 Å². The van der Waals surface area contributed by atoms with Gasteiger partial charge in [-0.3, -0.25) is 4.79 Å². The number of carbonyl (C=O) groups excluding carboxylic acids is 1. The first kappa shape index (κ1) is 16.2. The molecule has 0 aliphatic heterocycles. The lowest BCUT2D eigenvalue weighted by molar-refractivity contribution is 0.0915. The van der Waals surface area contributed by atoms with Crippen molar-refractivity contribution < 1.29 is 14.6 Å². The summed E-state index contributed by atoms with van der Waals surface area (Å²) in [6.45, 7) is 2.58. The highest BCUT2D eigenvalue weighted by molar-refractivity contribution is 5.94. The molecule has 116 valence electrons. The smallest absolute Gasteiger partial charge is 0.251 e. The summed E-state index contributed by atoms with van der Waals surface area (Å²) in [6, 6.07) is 14.9. The van der Waals surface area contributed by atoms with Crippen LogP contribution in [0.2, 0.25) is 0 Å². The van der Waals surface area contributed by atoms with Crippen molar-refractivity contribution in [2.75, 3.05) is 13.7 Å². The van der Waals surface area contributed by atoms with Crippen LogP contribution in [0.4, 0.5) is 0 Å². The zero-order valence-corrected chi connectivity index (χ0v) is 12.9. The van der Waals surface area contributed by atoms with Gasteiger partial charge in [0, 0.05) is 19.2 Å². The third-order valence-corrected chi connectivity index (χ3v) is 3.50. The average Bonchev–Trinajstić information content (AvgIpc) is 2.53.